The first kappa shape index (κ1) is 18.1. The zero-order chi connectivity index (χ0) is 14.7. The van der Waals surface area contributed by atoms with Crippen molar-refractivity contribution in [1.82, 2.24) is 5.32 Å². The van der Waals surface area contributed by atoms with Crippen molar-refractivity contribution in [2.45, 2.75) is 38.8 Å². The van der Waals surface area contributed by atoms with Gasteiger partial charge >= 0.3 is 0 Å². The quantitative estimate of drug-likeness (QED) is 0.841. The highest BCUT2D eigenvalue weighted by atomic mass is 35.5. The van der Waals surface area contributed by atoms with Crippen molar-refractivity contribution in [3.05, 3.63) is 28.8 Å². The van der Waals surface area contributed by atoms with E-state index < -0.39 is 0 Å². The molecule has 0 aliphatic heterocycles. The van der Waals surface area contributed by atoms with Crippen molar-refractivity contribution in [3.63, 3.8) is 0 Å². The SMILES string of the molecule is CC(C)Oc1ccc(Cl)cc1C(=O)NC(CN)C1CC1.Cl. The first-order valence-electron chi connectivity index (χ1n) is 6.98. The van der Waals surface area contributed by atoms with E-state index in [9.17, 15) is 4.79 Å². The fourth-order valence-corrected chi connectivity index (χ4v) is 2.32. The average molecular weight is 333 g/mol. The van der Waals surface area contributed by atoms with Crippen LogP contribution < -0.4 is 15.8 Å². The maximum atomic E-state index is 12.4. The molecule has 0 heterocycles. The minimum atomic E-state index is -0.175. The number of nitrogens with one attached hydrogen (secondary N) is 1. The van der Waals surface area contributed by atoms with Crippen LogP contribution in [0.25, 0.3) is 0 Å². The van der Waals surface area contributed by atoms with Crippen LogP contribution in [0.4, 0.5) is 0 Å². The van der Waals surface area contributed by atoms with E-state index in [2.05, 4.69) is 5.32 Å². The fraction of sp³-hybridized carbons (Fsp3) is 0.533. The summed E-state index contributed by atoms with van der Waals surface area (Å²) in [6.07, 6.45) is 2.26. The molecule has 1 atom stereocenters. The van der Waals surface area contributed by atoms with Gasteiger partial charge in [0.25, 0.3) is 5.91 Å². The largest absolute Gasteiger partial charge is 0.490 e. The molecule has 1 aromatic carbocycles. The van der Waals surface area contributed by atoms with Crippen molar-refractivity contribution < 1.29 is 9.53 Å². The second-order valence-electron chi connectivity index (χ2n) is 5.46. The van der Waals surface area contributed by atoms with Gasteiger partial charge < -0.3 is 15.8 Å². The summed E-state index contributed by atoms with van der Waals surface area (Å²) in [5.74, 6) is 0.886. The number of carbonyl (C=O) groups is 1. The molecule has 1 aliphatic rings. The van der Waals surface area contributed by atoms with Crippen molar-refractivity contribution in [2.24, 2.45) is 11.7 Å². The number of halogens is 2. The van der Waals surface area contributed by atoms with E-state index in [0.29, 0.717) is 28.8 Å². The molecule has 118 valence electrons. The van der Waals surface area contributed by atoms with E-state index in [0.717, 1.165) is 12.8 Å². The molecule has 6 heteroatoms. The van der Waals surface area contributed by atoms with Crippen LogP contribution in [-0.4, -0.2) is 24.6 Å². The molecule has 1 aromatic rings. The molecule has 2 rings (SSSR count). The summed E-state index contributed by atoms with van der Waals surface area (Å²) in [5.41, 5.74) is 6.18. The molecule has 0 spiro atoms. The number of carbonyl (C=O) groups excluding carboxylic acids is 1. The Bertz CT molecular complexity index is 491. The molecule has 21 heavy (non-hydrogen) atoms. The maximum Gasteiger partial charge on any atom is 0.255 e. The summed E-state index contributed by atoms with van der Waals surface area (Å²) in [6.45, 7) is 4.30. The summed E-state index contributed by atoms with van der Waals surface area (Å²) in [5, 5.41) is 3.50. The third-order valence-electron chi connectivity index (χ3n) is 3.31. The molecule has 0 saturated heterocycles. The number of benzene rings is 1. The van der Waals surface area contributed by atoms with Crippen LogP contribution in [0.2, 0.25) is 5.02 Å². The van der Waals surface area contributed by atoms with Gasteiger partial charge in [0.15, 0.2) is 0 Å². The van der Waals surface area contributed by atoms with E-state index in [1.54, 1.807) is 18.2 Å². The molecule has 1 saturated carbocycles. The number of nitrogens with two attached hydrogens (primary N) is 1. The summed E-state index contributed by atoms with van der Waals surface area (Å²) < 4.78 is 5.66. The summed E-state index contributed by atoms with van der Waals surface area (Å²) >= 11 is 5.98. The summed E-state index contributed by atoms with van der Waals surface area (Å²) in [4.78, 5) is 12.4. The van der Waals surface area contributed by atoms with Crippen LogP contribution in [0.15, 0.2) is 18.2 Å². The van der Waals surface area contributed by atoms with Crippen molar-refractivity contribution >= 4 is 29.9 Å². The van der Waals surface area contributed by atoms with Gasteiger partial charge in [0.1, 0.15) is 5.75 Å². The van der Waals surface area contributed by atoms with Crippen LogP contribution in [0.5, 0.6) is 5.75 Å². The van der Waals surface area contributed by atoms with Gasteiger partial charge in [0.05, 0.1) is 11.7 Å². The highest BCUT2D eigenvalue weighted by molar-refractivity contribution is 6.31. The molecule has 0 aromatic heterocycles. The van der Waals surface area contributed by atoms with Gasteiger partial charge in [-0.2, -0.15) is 0 Å². The molecule has 0 radical (unpaired) electrons. The third-order valence-corrected chi connectivity index (χ3v) is 3.55. The first-order valence-corrected chi connectivity index (χ1v) is 7.36. The van der Waals surface area contributed by atoms with E-state index in [-0.39, 0.29) is 30.5 Å². The zero-order valence-corrected chi connectivity index (χ0v) is 13.8. The second kappa shape index (κ2) is 7.87. The fourth-order valence-electron chi connectivity index (χ4n) is 2.15. The van der Waals surface area contributed by atoms with Crippen molar-refractivity contribution in [3.8, 4) is 5.75 Å². The van der Waals surface area contributed by atoms with E-state index >= 15 is 0 Å². The van der Waals surface area contributed by atoms with Crippen LogP contribution in [0, 0.1) is 5.92 Å². The highest BCUT2D eigenvalue weighted by Gasteiger charge is 2.31. The maximum absolute atomic E-state index is 12.4. The zero-order valence-electron chi connectivity index (χ0n) is 12.3. The normalized spacial score (nSPS) is 15.3. The predicted molar refractivity (Wildman–Crippen MR) is 87.5 cm³/mol. The number of rotatable bonds is 6. The highest BCUT2D eigenvalue weighted by Crippen LogP contribution is 2.32. The van der Waals surface area contributed by atoms with E-state index in [4.69, 9.17) is 22.1 Å². The lowest BCUT2D eigenvalue weighted by atomic mass is 10.1. The Morgan fingerprint density at radius 1 is 1.48 bits per heavy atom. The minimum absolute atomic E-state index is 0. The molecule has 1 amide bonds. The van der Waals surface area contributed by atoms with Gasteiger partial charge in [-0.15, -0.1) is 12.4 Å². The summed E-state index contributed by atoms with van der Waals surface area (Å²) in [6, 6.07) is 5.12. The lowest BCUT2D eigenvalue weighted by Crippen LogP contribution is -2.41. The molecule has 4 nitrogen and oxygen atoms in total. The Morgan fingerprint density at radius 2 is 2.14 bits per heavy atom. The molecule has 1 unspecified atom stereocenters. The van der Waals surface area contributed by atoms with Gasteiger partial charge in [0.2, 0.25) is 0 Å². The van der Waals surface area contributed by atoms with Crippen LogP contribution in [0.1, 0.15) is 37.0 Å². The minimum Gasteiger partial charge on any atom is -0.490 e. The Kier molecular flexibility index (Phi) is 6.78. The molecule has 3 N–H and O–H groups in total. The van der Waals surface area contributed by atoms with Crippen LogP contribution >= 0.6 is 24.0 Å². The third kappa shape index (κ3) is 5.06. The molecular weight excluding hydrogens is 311 g/mol. The lowest BCUT2D eigenvalue weighted by Gasteiger charge is -2.18. The van der Waals surface area contributed by atoms with Gasteiger partial charge in [-0.05, 0) is 50.8 Å². The van der Waals surface area contributed by atoms with Gasteiger partial charge in [-0.1, -0.05) is 11.6 Å². The first-order chi connectivity index (χ1) is 9.51. The van der Waals surface area contributed by atoms with Gasteiger partial charge in [-0.25, -0.2) is 0 Å². The topological polar surface area (TPSA) is 64.3 Å². The van der Waals surface area contributed by atoms with Crippen LogP contribution in [0.3, 0.4) is 0 Å². The Balaban J connectivity index is 0.00000220. The Labute approximate surface area is 136 Å². The number of hydrogen-bond donors (Lipinski definition) is 2. The number of amides is 1. The second-order valence-corrected chi connectivity index (χ2v) is 5.90. The van der Waals surface area contributed by atoms with Crippen LogP contribution in [-0.2, 0) is 0 Å². The Hall–Kier alpha value is -0.970. The van der Waals surface area contributed by atoms with Crippen molar-refractivity contribution in [2.75, 3.05) is 6.54 Å². The lowest BCUT2D eigenvalue weighted by molar-refractivity contribution is 0.0927. The Morgan fingerprint density at radius 3 is 2.67 bits per heavy atom. The van der Waals surface area contributed by atoms with E-state index in [1.807, 2.05) is 13.8 Å². The summed E-state index contributed by atoms with van der Waals surface area (Å²) in [7, 11) is 0. The molecule has 1 aliphatic carbocycles. The van der Waals surface area contributed by atoms with E-state index in [1.165, 1.54) is 0 Å². The predicted octanol–water partition coefficient (Wildman–Crippen LogP) is 3.02. The molecule has 1 fully saturated rings. The standard InChI is InChI=1S/C15H21ClN2O2.ClH/c1-9(2)20-14-6-5-11(16)7-12(14)15(19)18-13(8-17)10-3-4-10;/h5-7,9-10,13H,3-4,8,17H2,1-2H3,(H,18,19);1H. The monoisotopic (exact) mass is 332 g/mol. The smallest absolute Gasteiger partial charge is 0.255 e. The molecule has 0 bridgehead atoms. The average Bonchev–Trinajstić information content (AvgIpc) is 3.21. The number of hydrogen-bond acceptors (Lipinski definition) is 3. The van der Waals surface area contributed by atoms with Crippen molar-refractivity contribution in [1.29, 1.82) is 0 Å². The van der Waals surface area contributed by atoms with Gasteiger partial charge in [0, 0.05) is 17.6 Å². The van der Waals surface area contributed by atoms with Gasteiger partial charge in [-0.3, -0.25) is 4.79 Å². The number of ether oxygens (including phenoxy) is 1. The molecular formula is C15H22Cl2N2O2.